The summed E-state index contributed by atoms with van der Waals surface area (Å²) < 4.78 is 15.2. The van der Waals surface area contributed by atoms with Gasteiger partial charge in [0, 0.05) is 6.20 Å². The Morgan fingerprint density at radius 3 is 2.60 bits per heavy atom. The molecule has 15 heavy (non-hydrogen) atoms. The lowest BCUT2D eigenvalue weighted by molar-refractivity contribution is 0.651. The van der Waals surface area contributed by atoms with Gasteiger partial charge < -0.3 is 0 Å². The number of halogens is 1. The fourth-order valence-electron chi connectivity index (χ4n) is 0.724. The van der Waals surface area contributed by atoms with E-state index >= 15 is 0 Å². The summed E-state index contributed by atoms with van der Waals surface area (Å²) in [7, 11) is -1.25. The summed E-state index contributed by atoms with van der Waals surface area (Å²) in [5, 5.41) is 0.573. The van der Waals surface area contributed by atoms with Crippen LogP contribution in [0.2, 0.25) is 5.02 Å². The van der Waals surface area contributed by atoms with E-state index in [1.807, 2.05) is 20.8 Å². The topological polar surface area (TPSA) is 42.3 Å². The van der Waals surface area contributed by atoms with Crippen LogP contribution in [0.5, 0.6) is 0 Å². The number of hydrogen-bond acceptors (Lipinski definition) is 2. The first kappa shape index (κ1) is 12.3. The zero-order valence-corrected chi connectivity index (χ0v) is 10.5. The highest BCUT2D eigenvalue weighted by molar-refractivity contribution is 7.85. The molecule has 0 saturated carbocycles. The minimum atomic E-state index is -1.25. The van der Waals surface area contributed by atoms with Gasteiger partial charge in [0.25, 0.3) is 0 Å². The average molecular weight is 245 g/mol. The second-order valence-electron chi connectivity index (χ2n) is 4.00. The van der Waals surface area contributed by atoms with Crippen LogP contribution >= 0.6 is 11.6 Å². The smallest absolute Gasteiger partial charge is 0.144 e. The lowest BCUT2D eigenvalue weighted by Crippen LogP contribution is -2.19. The van der Waals surface area contributed by atoms with Gasteiger partial charge in [-0.05, 0) is 32.9 Å². The molecule has 0 unspecified atom stereocenters. The molecule has 82 valence electrons. The Balaban J connectivity index is 2.74. The first-order valence-corrected chi connectivity index (χ1v) is 5.96. The summed E-state index contributed by atoms with van der Waals surface area (Å²) in [6.45, 7) is 5.61. The molecule has 1 aromatic heterocycles. The van der Waals surface area contributed by atoms with Gasteiger partial charge in [-0.2, -0.15) is 4.40 Å². The molecule has 0 aromatic carbocycles. The van der Waals surface area contributed by atoms with Crippen molar-refractivity contribution in [3.63, 3.8) is 0 Å². The molecule has 1 aromatic rings. The Morgan fingerprint density at radius 1 is 1.47 bits per heavy atom. The fraction of sp³-hybridized carbons (Fsp3) is 0.400. The largest absolute Gasteiger partial charge is 0.254 e. The van der Waals surface area contributed by atoms with E-state index < -0.39 is 11.0 Å². The van der Waals surface area contributed by atoms with Crippen LogP contribution in [0.1, 0.15) is 26.5 Å². The summed E-state index contributed by atoms with van der Waals surface area (Å²) >= 11 is 5.68. The molecule has 1 heterocycles. The van der Waals surface area contributed by atoms with Crippen LogP contribution in [-0.2, 0) is 11.0 Å². The fourth-order valence-corrected chi connectivity index (χ4v) is 1.36. The Bertz CT molecular complexity index is 381. The second-order valence-corrected chi connectivity index (χ2v) is 6.37. The highest BCUT2D eigenvalue weighted by Gasteiger charge is 2.18. The molecule has 0 radical (unpaired) electrons. The highest BCUT2D eigenvalue weighted by Crippen LogP contribution is 2.12. The molecule has 3 nitrogen and oxygen atoms in total. The average Bonchev–Trinajstić information content (AvgIpc) is 2.15. The quantitative estimate of drug-likeness (QED) is 0.751. The molecule has 0 N–H and O–H groups in total. The molecule has 0 spiro atoms. The van der Waals surface area contributed by atoms with Gasteiger partial charge >= 0.3 is 0 Å². The van der Waals surface area contributed by atoms with Crippen molar-refractivity contribution in [2.45, 2.75) is 25.5 Å². The number of aromatic nitrogens is 1. The van der Waals surface area contributed by atoms with E-state index in [1.165, 1.54) is 12.4 Å². The highest BCUT2D eigenvalue weighted by atomic mass is 35.5. The maximum absolute atomic E-state index is 11.6. The second kappa shape index (κ2) is 4.86. The zero-order chi connectivity index (χ0) is 11.5. The van der Waals surface area contributed by atoms with Crippen LogP contribution in [0.4, 0.5) is 0 Å². The van der Waals surface area contributed by atoms with Gasteiger partial charge in [-0.15, -0.1) is 0 Å². The number of rotatable bonds is 2. The van der Waals surface area contributed by atoms with E-state index in [0.717, 1.165) is 0 Å². The molecular weight excluding hydrogens is 232 g/mol. The number of hydrogen-bond donors (Lipinski definition) is 0. The lowest BCUT2D eigenvalue weighted by Gasteiger charge is -2.12. The van der Waals surface area contributed by atoms with E-state index in [-0.39, 0.29) is 4.75 Å². The maximum atomic E-state index is 11.6. The molecular formula is C10H13ClN2OS. The molecule has 1 atom stereocenters. The summed E-state index contributed by atoms with van der Waals surface area (Å²) in [6, 6.07) is 3.45. The van der Waals surface area contributed by atoms with Crippen LogP contribution in [0.3, 0.4) is 0 Å². The van der Waals surface area contributed by atoms with E-state index in [0.29, 0.717) is 10.7 Å². The SMILES string of the molecule is CC(C)(C)[S@](=O)N=Cc1ccc(Cl)cn1. The Hall–Kier alpha value is -0.740. The van der Waals surface area contributed by atoms with Crippen molar-refractivity contribution in [2.75, 3.05) is 0 Å². The third-order valence-electron chi connectivity index (χ3n) is 1.55. The van der Waals surface area contributed by atoms with Crippen molar-refractivity contribution in [3.05, 3.63) is 29.0 Å². The molecule has 0 aliphatic heterocycles. The Labute approximate surface area is 97.2 Å². The van der Waals surface area contributed by atoms with Crippen LogP contribution in [0.15, 0.2) is 22.7 Å². The van der Waals surface area contributed by atoms with Gasteiger partial charge in [-0.1, -0.05) is 11.6 Å². The van der Waals surface area contributed by atoms with Crippen molar-refractivity contribution in [3.8, 4) is 0 Å². The van der Waals surface area contributed by atoms with Crippen molar-refractivity contribution >= 4 is 28.8 Å². The van der Waals surface area contributed by atoms with Gasteiger partial charge in [0.05, 0.1) is 21.7 Å². The zero-order valence-electron chi connectivity index (χ0n) is 8.90. The van der Waals surface area contributed by atoms with Gasteiger partial charge in [0.1, 0.15) is 11.0 Å². The van der Waals surface area contributed by atoms with E-state index in [4.69, 9.17) is 11.6 Å². The van der Waals surface area contributed by atoms with Gasteiger partial charge in [0.2, 0.25) is 0 Å². The minimum Gasteiger partial charge on any atom is -0.254 e. The third-order valence-corrected chi connectivity index (χ3v) is 3.12. The molecule has 0 aliphatic carbocycles. The lowest BCUT2D eigenvalue weighted by atomic mass is 10.3. The third kappa shape index (κ3) is 4.10. The monoisotopic (exact) mass is 244 g/mol. The Kier molecular flexibility index (Phi) is 3.99. The molecule has 0 aliphatic rings. The predicted molar refractivity (Wildman–Crippen MR) is 64.7 cm³/mol. The van der Waals surface area contributed by atoms with Crippen LogP contribution in [0, 0.1) is 0 Å². The number of pyridine rings is 1. The van der Waals surface area contributed by atoms with Crippen LogP contribution in [-0.4, -0.2) is 20.2 Å². The predicted octanol–water partition coefficient (Wildman–Crippen LogP) is 2.62. The van der Waals surface area contributed by atoms with Crippen molar-refractivity contribution in [2.24, 2.45) is 4.40 Å². The molecule has 0 saturated heterocycles. The Morgan fingerprint density at radius 2 is 2.13 bits per heavy atom. The number of nitrogens with zero attached hydrogens (tertiary/aromatic N) is 2. The van der Waals surface area contributed by atoms with E-state index in [1.54, 1.807) is 12.1 Å². The first-order chi connectivity index (χ1) is 6.89. The molecule has 1 rings (SSSR count). The molecule has 0 bridgehead atoms. The molecule has 5 heteroatoms. The van der Waals surface area contributed by atoms with E-state index in [9.17, 15) is 4.21 Å². The van der Waals surface area contributed by atoms with Crippen molar-refractivity contribution in [1.29, 1.82) is 0 Å². The molecule has 0 amide bonds. The molecule has 0 fully saturated rings. The minimum absolute atomic E-state index is 0.344. The normalized spacial score (nSPS) is 14.4. The van der Waals surface area contributed by atoms with Crippen molar-refractivity contribution < 1.29 is 4.21 Å². The van der Waals surface area contributed by atoms with Gasteiger partial charge in [-0.3, -0.25) is 4.98 Å². The van der Waals surface area contributed by atoms with Gasteiger partial charge in [-0.25, -0.2) is 4.21 Å². The van der Waals surface area contributed by atoms with E-state index in [2.05, 4.69) is 9.38 Å². The standard InChI is InChI=1S/C10H13ClN2OS/c1-10(2,3)15(14)13-7-9-5-4-8(11)6-12-9/h4-7H,1-3H3/t15-/m0/s1. The summed E-state index contributed by atoms with van der Waals surface area (Å²) in [5.74, 6) is 0. The van der Waals surface area contributed by atoms with Crippen LogP contribution in [0.25, 0.3) is 0 Å². The summed E-state index contributed by atoms with van der Waals surface area (Å²) in [4.78, 5) is 4.02. The summed E-state index contributed by atoms with van der Waals surface area (Å²) in [6.07, 6.45) is 3.03. The maximum Gasteiger partial charge on any atom is 0.144 e. The summed E-state index contributed by atoms with van der Waals surface area (Å²) in [5.41, 5.74) is 0.650. The first-order valence-electron chi connectivity index (χ1n) is 4.47. The van der Waals surface area contributed by atoms with Crippen molar-refractivity contribution in [1.82, 2.24) is 4.98 Å². The van der Waals surface area contributed by atoms with Crippen LogP contribution < -0.4 is 0 Å². The van der Waals surface area contributed by atoms with Gasteiger partial charge in [0.15, 0.2) is 0 Å².